The Kier molecular flexibility index (Phi) is 5.37. The molecule has 0 aromatic heterocycles. The van der Waals surface area contributed by atoms with E-state index in [-0.39, 0.29) is 12.5 Å². The molecule has 4 rings (SSSR count). The third-order valence-electron chi connectivity index (χ3n) is 5.52. The van der Waals surface area contributed by atoms with E-state index in [1.165, 1.54) is 9.87 Å². The van der Waals surface area contributed by atoms with Crippen LogP contribution in [0.1, 0.15) is 17.5 Å². The van der Waals surface area contributed by atoms with Crippen molar-refractivity contribution in [3.63, 3.8) is 0 Å². The molecule has 28 heavy (non-hydrogen) atoms. The highest BCUT2D eigenvalue weighted by molar-refractivity contribution is 7.89. The van der Waals surface area contributed by atoms with Crippen molar-refractivity contribution in [3.05, 3.63) is 59.7 Å². The molecule has 0 saturated carbocycles. The van der Waals surface area contributed by atoms with E-state index in [4.69, 9.17) is 0 Å². The molecule has 1 heterocycles. The van der Waals surface area contributed by atoms with Crippen LogP contribution in [-0.4, -0.2) is 56.3 Å². The molecule has 1 saturated heterocycles. The second-order valence-corrected chi connectivity index (χ2v) is 9.23. The highest BCUT2D eigenvalue weighted by Crippen LogP contribution is 2.26. The van der Waals surface area contributed by atoms with Gasteiger partial charge >= 0.3 is 0 Å². The molecule has 148 valence electrons. The molecule has 0 bridgehead atoms. The summed E-state index contributed by atoms with van der Waals surface area (Å²) in [5.74, 6) is -0.0153. The minimum atomic E-state index is -3.51. The van der Waals surface area contributed by atoms with Crippen molar-refractivity contribution in [2.45, 2.75) is 24.2 Å². The Morgan fingerprint density at radius 1 is 0.929 bits per heavy atom. The smallest absolute Gasteiger partial charge is 0.243 e. The highest BCUT2D eigenvalue weighted by Gasteiger charge is 2.30. The van der Waals surface area contributed by atoms with Gasteiger partial charge < -0.3 is 10.2 Å². The quantitative estimate of drug-likeness (QED) is 0.836. The molecule has 1 aliphatic heterocycles. The molecule has 6 nitrogen and oxygen atoms in total. The zero-order chi connectivity index (χ0) is 19.6. The van der Waals surface area contributed by atoms with Crippen LogP contribution in [0.4, 0.5) is 5.69 Å². The van der Waals surface area contributed by atoms with Crippen molar-refractivity contribution in [1.82, 2.24) is 9.21 Å². The third kappa shape index (κ3) is 3.91. The van der Waals surface area contributed by atoms with Crippen molar-refractivity contribution in [1.29, 1.82) is 0 Å². The third-order valence-corrected chi connectivity index (χ3v) is 7.41. The van der Waals surface area contributed by atoms with Crippen LogP contribution in [0.2, 0.25) is 0 Å². The average molecular weight is 400 g/mol. The van der Waals surface area contributed by atoms with E-state index >= 15 is 0 Å². The molecule has 2 aromatic carbocycles. The van der Waals surface area contributed by atoms with Gasteiger partial charge in [-0.1, -0.05) is 24.3 Å². The number of hydrogen-bond acceptors (Lipinski definition) is 4. The number of fused-ring (bicyclic) bond motifs is 1. The Hall–Kier alpha value is -2.38. The summed E-state index contributed by atoms with van der Waals surface area (Å²) in [5.41, 5.74) is 3.32. The monoisotopic (exact) mass is 399 g/mol. The minimum absolute atomic E-state index is 0.0153. The van der Waals surface area contributed by atoms with E-state index in [9.17, 15) is 13.2 Å². The van der Waals surface area contributed by atoms with Crippen LogP contribution in [0.3, 0.4) is 0 Å². The van der Waals surface area contributed by atoms with Gasteiger partial charge in [0.2, 0.25) is 15.9 Å². The number of anilines is 1. The number of carbonyl (C=O) groups is 1. The lowest BCUT2D eigenvalue weighted by Gasteiger charge is -2.34. The maximum Gasteiger partial charge on any atom is 0.243 e. The molecule has 0 atom stereocenters. The number of benzene rings is 2. The first-order chi connectivity index (χ1) is 13.5. The minimum Gasteiger partial charge on any atom is -0.376 e. The van der Waals surface area contributed by atoms with Gasteiger partial charge in [-0.05, 0) is 54.7 Å². The Balaban J connectivity index is 1.35. The summed E-state index contributed by atoms with van der Waals surface area (Å²) < 4.78 is 27.5. The Labute approximate surface area is 166 Å². The van der Waals surface area contributed by atoms with Crippen LogP contribution in [0.15, 0.2) is 53.4 Å². The van der Waals surface area contributed by atoms with Crippen LogP contribution in [0.25, 0.3) is 0 Å². The summed E-state index contributed by atoms with van der Waals surface area (Å²) in [4.78, 5) is 14.5. The van der Waals surface area contributed by atoms with Gasteiger partial charge in [-0.25, -0.2) is 8.42 Å². The Bertz CT molecular complexity index is 952. The number of carbonyl (C=O) groups excluding carboxylic acids is 1. The van der Waals surface area contributed by atoms with Gasteiger partial charge in [0.15, 0.2) is 0 Å². The molecule has 1 fully saturated rings. The van der Waals surface area contributed by atoms with Gasteiger partial charge in [0.05, 0.1) is 11.4 Å². The fourth-order valence-corrected chi connectivity index (χ4v) is 5.35. The molecule has 7 heteroatoms. The summed E-state index contributed by atoms with van der Waals surface area (Å²) in [5, 5.41) is 3.11. The number of amides is 1. The molecule has 0 radical (unpaired) electrons. The van der Waals surface area contributed by atoms with Gasteiger partial charge in [-0.15, -0.1) is 0 Å². The zero-order valence-electron chi connectivity index (χ0n) is 15.8. The number of nitrogens with one attached hydrogen (secondary N) is 1. The lowest BCUT2D eigenvalue weighted by molar-refractivity contribution is -0.130. The molecule has 1 aliphatic carbocycles. The number of sulfonamides is 1. The number of para-hydroxylation sites is 1. The predicted molar refractivity (Wildman–Crippen MR) is 109 cm³/mol. The van der Waals surface area contributed by atoms with Gasteiger partial charge in [0, 0.05) is 31.9 Å². The van der Waals surface area contributed by atoms with Gasteiger partial charge in [-0.3, -0.25) is 4.79 Å². The first-order valence-corrected chi connectivity index (χ1v) is 11.2. The molecule has 1 N–H and O–H groups in total. The zero-order valence-corrected chi connectivity index (χ0v) is 16.6. The van der Waals surface area contributed by atoms with Gasteiger partial charge in [0.25, 0.3) is 0 Å². The van der Waals surface area contributed by atoms with E-state index in [0.29, 0.717) is 31.1 Å². The second kappa shape index (κ2) is 7.93. The summed E-state index contributed by atoms with van der Waals surface area (Å²) in [6.45, 7) is 1.70. The van der Waals surface area contributed by atoms with Crippen LogP contribution in [0.5, 0.6) is 0 Å². The summed E-state index contributed by atoms with van der Waals surface area (Å²) in [7, 11) is -3.51. The average Bonchev–Trinajstić information content (AvgIpc) is 3.21. The van der Waals surface area contributed by atoms with Crippen molar-refractivity contribution in [3.8, 4) is 0 Å². The topological polar surface area (TPSA) is 69.7 Å². The van der Waals surface area contributed by atoms with E-state index in [1.807, 2.05) is 42.5 Å². The molecule has 2 aliphatic rings. The first kappa shape index (κ1) is 19.0. The molecule has 1 amide bonds. The molecular weight excluding hydrogens is 374 g/mol. The second-order valence-electron chi connectivity index (χ2n) is 7.29. The van der Waals surface area contributed by atoms with Crippen molar-refractivity contribution < 1.29 is 13.2 Å². The number of rotatable bonds is 5. The van der Waals surface area contributed by atoms with Gasteiger partial charge in [0.1, 0.15) is 0 Å². The predicted octanol–water partition coefficient (Wildman–Crippen LogP) is 2.12. The fourth-order valence-electron chi connectivity index (χ4n) is 3.88. The molecule has 0 spiro atoms. The lowest BCUT2D eigenvalue weighted by Crippen LogP contribution is -2.51. The van der Waals surface area contributed by atoms with Crippen LogP contribution < -0.4 is 5.32 Å². The molecule has 2 aromatic rings. The summed E-state index contributed by atoms with van der Waals surface area (Å²) in [6, 6.07) is 15.1. The Morgan fingerprint density at radius 3 is 2.39 bits per heavy atom. The van der Waals surface area contributed by atoms with Crippen molar-refractivity contribution >= 4 is 21.6 Å². The fraction of sp³-hybridized carbons (Fsp3) is 0.381. The maximum atomic E-state index is 13.0. The van der Waals surface area contributed by atoms with Gasteiger partial charge in [-0.2, -0.15) is 4.31 Å². The van der Waals surface area contributed by atoms with Crippen LogP contribution in [-0.2, 0) is 27.7 Å². The SMILES string of the molecule is O=C(CNc1ccccc1)N1CCN(S(=O)(=O)c2ccc3c(c2)CCC3)CC1. The van der Waals surface area contributed by atoms with Crippen molar-refractivity contribution in [2.75, 3.05) is 38.0 Å². The standard InChI is InChI=1S/C21H25N3O3S/c25-21(16-22-19-7-2-1-3-8-19)23-11-13-24(14-12-23)28(26,27)20-10-9-17-5-4-6-18(17)15-20/h1-3,7-10,15,22H,4-6,11-14,16H2. The molecular formula is C21H25N3O3S. The number of nitrogens with zero attached hydrogens (tertiary/aromatic N) is 2. The maximum absolute atomic E-state index is 13.0. The van der Waals surface area contributed by atoms with E-state index in [0.717, 1.165) is 30.5 Å². The first-order valence-electron chi connectivity index (χ1n) is 9.73. The highest BCUT2D eigenvalue weighted by atomic mass is 32.2. The van der Waals surface area contributed by atoms with E-state index in [1.54, 1.807) is 11.0 Å². The van der Waals surface area contributed by atoms with E-state index < -0.39 is 10.0 Å². The van der Waals surface area contributed by atoms with Crippen LogP contribution >= 0.6 is 0 Å². The summed E-state index contributed by atoms with van der Waals surface area (Å²) >= 11 is 0. The van der Waals surface area contributed by atoms with Crippen LogP contribution in [0, 0.1) is 0 Å². The lowest BCUT2D eigenvalue weighted by atomic mass is 10.1. The summed E-state index contributed by atoms with van der Waals surface area (Å²) in [6.07, 6.45) is 3.08. The van der Waals surface area contributed by atoms with E-state index in [2.05, 4.69) is 5.32 Å². The molecule has 0 unspecified atom stereocenters. The number of aryl methyl sites for hydroxylation is 2. The number of hydrogen-bond donors (Lipinski definition) is 1. The van der Waals surface area contributed by atoms with Crippen molar-refractivity contribution in [2.24, 2.45) is 0 Å². The normalized spacial score (nSPS) is 17.4. The Morgan fingerprint density at radius 2 is 1.64 bits per heavy atom. The number of piperazine rings is 1. The largest absolute Gasteiger partial charge is 0.376 e.